The fourth-order valence-corrected chi connectivity index (χ4v) is 1.33. The van der Waals surface area contributed by atoms with Crippen LogP contribution >= 0.6 is 0 Å². The van der Waals surface area contributed by atoms with E-state index in [1.54, 1.807) is 0 Å². The number of hydrogen-bond acceptors (Lipinski definition) is 2. The van der Waals surface area contributed by atoms with Gasteiger partial charge in [0.1, 0.15) is 0 Å². The maximum atomic E-state index is 9.50. The lowest BCUT2D eigenvalue weighted by Crippen LogP contribution is -2.26. The van der Waals surface area contributed by atoms with Crippen LogP contribution < -0.4 is 5.32 Å². The van der Waals surface area contributed by atoms with E-state index in [0.29, 0.717) is 19.4 Å². The second kappa shape index (κ2) is 7.05. The zero-order chi connectivity index (χ0) is 10.9. The number of benzene rings is 1. The Labute approximate surface area is 91.3 Å². The van der Waals surface area contributed by atoms with E-state index in [-0.39, 0.29) is 6.10 Å². The van der Waals surface area contributed by atoms with Crippen molar-refractivity contribution in [3.8, 4) is 12.3 Å². The quantitative estimate of drug-likeness (QED) is 0.688. The zero-order valence-electron chi connectivity index (χ0n) is 8.82. The topological polar surface area (TPSA) is 32.3 Å². The number of rotatable bonds is 6. The van der Waals surface area contributed by atoms with E-state index < -0.39 is 0 Å². The molecule has 0 fully saturated rings. The van der Waals surface area contributed by atoms with Gasteiger partial charge >= 0.3 is 0 Å². The van der Waals surface area contributed by atoms with Crippen molar-refractivity contribution >= 4 is 0 Å². The molecule has 0 saturated carbocycles. The van der Waals surface area contributed by atoms with Crippen LogP contribution in [-0.4, -0.2) is 17.8 Å². The summed E-state index contributed by atoms with van der Waals surface area (Å²) in [4.78, 5) is 0. The number of hydrogen-bond donors (Lipinski definition) is 2. The Bertz CT molecular complexity index is 302. The second-order valence-electron chi connectivity index (χ2n) is 3.51. The van der Waals surface area contributed by atoms with E-state index in [0.717, 1.165) is 6.54 Å². The minimum Gasteiger partial charge on any atom is -0.392 e. The lowest BCUT2D eigenvalue weighted by atomic mass is 10.2. The standard InChI is InChI=1S/C13H17NO/c1-2-3-9-13(15)11-14-10-12-7-5-4-6-8-12/h1,4-8,13-15H,3,9-11H2. The van der Waals surface area contributed by atoms with Crippen molar-refractivity contribution in [2.24, 2.45) is 0 Å². The first-order valence-corrected chi connectivity index (χ1v) is 5.19. The Balaban J connectivity index is 2.14. The van der Waals surface area contributed by atoms with Crippen LogP contribution in [0.3, 0.4) is 0 Å². The van der Waals surface area contributed by atoms with Crippen molar-refractivity contribution in [1.29, 1.82) is 0 Å². The van der Waals surface area contributed by atoms with Crippen LogP contribution in [0.2, 0.25) is 0 Å². The number of aliphatic hydroxyl groups is 1. The summed E-state index contributed by atoms with van der Waals surface area (Å²) in [5.74, 6) is 2.52. The number of terminal acetylenes is 1. The van der Waals surface area contributed by atoms with Gasteiger partial charge in [0.05, 0.1) is 6.10 Å². The Kier molecular flexibility index (Phi) is 5.54. The third-order valence-electron chi connectivity index (χ3n) is 2.17. The molecular weight excluding hydrogens is 186 g/mol. The van der Waals surface area contributed by atoms with Gasteiger partial charge in [-0.25, -0.2) is 0 Å². The summed E-state index contributed by atoms with van der Waals surface area (Å²) in [5.41, 5.74) is 1.22. The van der Waals surface area contributed by atoms with Gasteiger partial charge in [-0.2, -0.15) is 0 Å². The van der Waals surface area contributed by atoms with Gasteiger partial charge in [0, 0.05) is 19.5 Å². The maximum Gasteiger partial charge on any atom is 0.0673 e. The summed E-state index contributed by atoms with van der Waals surface area (Å²) < 4.78 is 0. The van der Waals surface area contributed by atoms with Crippen molar-refractivity contribution < 1.29 is 5.11 Å². The average Bonchev–Trinajstić information content (AvgIpc) is 2.28. The van der Waals surface area contributed by atoms with Gasteiger partial charge < -0.3 is 10.4 Å². The predicted octanol–water partition coefficient (Wildman–Crippen LogP) is 1.55. The summed E-state index contributed by atoms with van der Waals surface area (Å²) in [6.07, 6.45) is 6.07. The highest BCUT2D eigenvalue weighted by Crippen LogP contribution is 1.98. The molecule has 0 amide bonds. The highest BCUT2D eigenvalue weighted by atomic mass is 16.3. The van der Waals surface area contributed by atoms with Crippen LogP contribution in [0.4, 0.5) is 0 Å². The minimum atomic E-state index is -0.343. The van der Waals surface area contributed by atoms with Crippen molar-refractivity contribution in [3.63, 3.8) is 0 Å². The van der Waals surface area contributed by atoms with Crippen molar-refractivity contribution in [1.82, 2.24) is 5.32 Å². The first-order valence-electron chi connectivity index (χ1n) is 5.19. The molecule has 2 N–H and O–H groups in total. The fourth-order valence-electron chi connectivity index (χ4n) is 1.33. The third-order valence-corrected chi connectivity index (χ3v) is 2.17. The molecule has 0 aromatic heterocycles. The van der Waals surface area contributed by atoms with E-state index in [2.05, 4.69) is 23.4 Å². The molecule has 0 heterocycles. The molecule has 1 atom stereocenters. The van der Waals surface area contributed by atoms with E-state index in [9.17, 15) is 5.11 Å². The van der Waals surface area contributed by atoms with Gasteiger partial charge in [0.2, 0.25) is 0 Å². The second-order valence-corrected chi connectivity index (χ2v) is 3.51. The molecule has 0 bridgehead atoms. The van der Waals surface area contributed by atoms with Gasteiger partial charge in [-0.05, 0) is 12.0 Å². The molecule has 0 saturated heterocycles. The van der Waals surface area contributed by atoms with Crippen LogP contribution in [0.5, 0.6) is 0 Å². The third kappa shape index (κ3) is 5.21. The van der Waals surface area contributed by atoms with Gasteiger partial charge in [-0.3, -0.25) is 0 Å². The monoisotopic (exact) mass is 203 g/mol. The molecule has 1 aromatic carbocycles. The lowest BCUT2D eigenvalue weighted by molar-refractivity contribution is 0.163. The molecule has 2 nitrogen and oxygen atoms in total. The molecule has 0 aliphatic rings. The largest absolute Gasteiger partial charge is 0.392 e. The molecular formula is C13H17NO. The molecule has 0 radical (unpaired) electrons. The molecule has 2 heteroatoms. The minimum absolute atomic E-state index is 0.343. The number of aliphatic hydroxyl groups excluding tert-OH is 1. The van der Waals surface area contributed by atoms with Crippen molar-refractivity contribution in [2.45, 2.75) is 25.5 Å². The Hall–Kier alpha value is -1.30. The Morgan fingerprint density at radius 2 is 2.07 bits per heavy atom. The average molecular weight is 203 g/mol. The highest BCUT2D eigenvalue weighted by molar-refractivity contribution is 5.14. The first-order chi connectivity index (χ1) is 7.33. The fraction of sp³-hybridized carbons (Fsp3) is 0.385. The summed E-state index contributed by atoms with van der Waals surface area (Å²) in [6.45, 7) is 1.38. The molecule has 15 heavy (non-hydrogen) atoms. The van der Waals surface area contributed by atoms with Crippen LogP contribution in [0, 0.1) is 12.3 Å². The molecule has 80 valence electrons. The molecule has 1 aromatic rings. The van der Waals surface area contributed by atoms with Crippen LogP contribution in [0.1, 0.15) is 18.4 Å². The summed E-state index contributed by atoms with van der Waals surface area (Å²) in [6, 6.07) is 10.1. The molecule has 1 unspecified atom stereocenters. The smallest absolute Gasteiger partial charge is 0.0673 e. The molecule has 1 rings (SSSR count). The van der Waals surface area contributed by atoms with E-state index in [1.807, 2.05) is 18.2 Å². The van der Waals surface area contributed by atoms with E-state index in [4.69, 9.17) is 6.42 Å². The Morgan fingerprint density at radius 1 is 1.33 bits per heavy atom. The van der Waals surface area contributed by atoms with E-state index >= 15 is 0 Å². The molecule has 0 aliphatic carbocycles. The first kappa shape index (κ1) is 11.8. The van der Waals surface area contributed by atoms with Crippen molar-refractivity contribution in [3.05, 3.63) is 35.9 Å². The zero-order valence-corrected chi connectivity index (χ0v) is 8.82. The molecule has 0 spiro atoms. The SMILES string of the molecule is C#CCCC(O)CNCc1ccccc1. The normalized spacial score (nSPS) is 12.0. The summed E-state index contributed by atoms with van der Waals surface area (Å²) in [5, 5.41) is 12.7. The Morgan fingerprint density at radius 3 is 2.73 bits per heavy atom. The van der Waals surface area contributed by atoms with Crippen molar-refractivity contribution in [2.75, 3.05) is 6.54 Å². The van der Waals surface area contributed by atoms with Gasteiger partial charge in [-0.15, -0.1) is 12.3 Å². The summed E-state index contributed by atoms with van der Waals surface area (Å²) >= 11 is 0. The number of nitrogens with one attached hydrogen (secondary N) is 1. The van der Waals surface area contributed by atoms with Crippen LogP contribution in [-0.2, 0) is 6.54 Å². The van der Waals surface area contributed by atoms with Crippen LogP contribution in [0.25, 0.3) is 0 Å². The molecule has 0 aliphatic heterocycles. The summed E-state index contributed by atoms with van der Waals surface area (Å²) in [7, 11) is 0. The van der Waals surface area contributed by atoms with Crippen LogP contribution in [0.15, 0.2) is 30.3 Å². The predicted molar refractivity (Wildman–Crippen MR) is 62.2 cm³/mol. The van der Waals surface area contributed by atoms with E-state index in [1.165, 1.54) is 5.56 Å². The highest BCUT2D eigenvalue weighted by Gasteiger charge is 2.01. The van der Waals surface area contributed by atoms with Gasteiger partial charge in [0.25, 0.3) is 0 Å². The van der Waals surface area contributed by atoms with Gasteiger partial charge in [-0.1, -0.05) is 30.3 Å². The maximum absolute atomic E-state index is 9.50. The van der Waals surface area contributed by atoms with Gasteiger partial charge in [0.15, 0.2) is 0 Å². The lowest BCUT2D eigenvalue weighted by Gasteiger charge is -2.10.